The van der Waals surface area contributed by atoms with E-state index in [2.05, 4.69) is 47.4 Å². The van der Waals surface area contributed by atoms with Gasteiger partial charge in [0.1, 0.15) is 12.4 Å². The molecule has 5 nitrogen and oxygen atoms in total. The summed E-state index contributed by atoms with van der Waals surface area (Å²) < 4.78 is 5.96. The number of ether oxygens (including phenoxy) is 1. The molecular formula is C31H35N3O2. The largest absolute Gasteiger partial charge is 0.492 e. The standard InChI is InChI=1S/C31H35N3O2/c35-30-28(23-26-12-6-2-7-13-26)24-32-31(34(30)20-21-36-29-14-8-3-9-15-29)33-18-16-27(17-19-33)22-25-10-4-1-5-11-25/h1-15,27-28H,16-24H2. The fraction of sp³-hybridized carbons (Fsp3) is 0.355. The zero-order valence-electron chi connectivity index (χ0n) is 20.8. The van der Waals surface area contributed by atoms with E-state index in [-0.39, 0.29) is 11.8 Å². The minimum absolute atomic E-state index is 0.136. The van der Waals surface area contributed by atoms with Gasteiger partial charge in [0, 0.05) is 13.1 Å². The average molecular weight is 482 g/mol. The highest BCUT2D eigenvalue weighted by Gasteiger charge is 2.35. The zero-order chi connectivity index (χ0) is 24.6. The maximum absolute atomic E-state index is 13.7. The Kier molecular flexibility index (Phi) is 7.96. The SMILES string of the molecule is O=C1C(Cc2ccccc2)CN=C(N2CCC(Cc3ccccc3)CC2)N1CCOc1ccccc1. The van der Waals surface area contributed by atoms with Crippen LogP contribution in [0.15, 0.2) is 96.0 Å². The van der Waals surface area contributed by atoms with Crippen molar-refractivity contribution in [3.05, 3.63) is 102 Å². The van der Waals surface area contributed by atoms with E-state index < -0.39 is 0 Å². The fourth-order valence-corrected chi connectivity index (χ4v) is 5.26. The molecule has 1 amide bonds. The summed E-state index contributed by atoms with van der Waals surface area (Å²) in [5.41, 5.74) is 2.58. The molecule has 1 atom stereocenters. The molecule has 0 N–H and O–H groups in total. The summed E-state index contributed by atoms with van der Waals surface area (Å²) >= 11 is 0. The van der Waals surface area contributed by atoms with Crippen molar-refractivity contribution >= 4 is 11.9 Å². The van der Waals surface area contributed by atoms with Gasteiger partial charge < -0.3 is 9.64 Å². The van der Waals surface area contributed by atoms with Crippen LogP contribution < -0.4 is 4.74 Å². The lowest BCUT2D eigenvalue weighted by Gasteiger charge is -2.41. The second-order valence-corrected chi connectivity index (χ2v) is 9.80. The number of amides is 1. The van der Waals surface area contributed by atoms with Gasteiger partial charge in [-0.05, 0) is 54.9 Å². The van der Waals surface area contributed by atoms with E-state index in [1.54, 1.807) is 0 Å². The lowest BCUT2D eigenvalue weighted by atomic mass is 9.90. The Morgan fingerprint density at radius 1 is 0.778 bits per heavy atom. The summed E-state index contributed by atoms with van der Waals surface area (Å²) in [7, 11) is 0. The summed E-state index contributed by atoms with van der Waals surface area (Å²) in [6.45, 7) is 3.36. The van der Waals surface area contributed by atoms with Crippen LogP contribution in [-0.2, 0) is 17.6 Å². The van der Waals surface area contributed by atoms with Gasteiger partial charge in [0.25, 0.3) is 0 Å². The number of aliphatic imine (C=N–C) groups is 1. The molecule has 2 heterocycles. The molecule has 36 heavy (non-hydrogen) atoms. The maximum atomic E-state index is 13.7. The van der Waals surface area contributed by atoms with Gasteiger partial charge in [-0.15, -0.1) is 0 Å². The first-order valence-corrected chi connectivity index (χ1v) is 13.1. The number of carbonyl (C=O) groups is 1. The number of hydrogen-bond acceptors (Lipinski definition) is 4. The summed E-state index contributed by atoms with van der Waals surface area (Å²) in [6.07, 6.45) is 4.06. The van der Waals surface area contributed by atoms with E-state index in [4.69, 9.17) is 9.73 Å². The van der Waals surface area contributed by atoms with Crippen molar-refractivity contribution in [3.8, 4) is 5.75 Å². The molecule has 0 aromatic heterocycles. The van der Waals surface area contributed by atoms with Gasteiger partial charge in [-0.1, -0.05) is 78.9 Å². The number of piperidine rings is 1. The van der Waals surface area contributed by atoms with Crippen molar-refractivity contribution in [3.63, 3.8) is 0 Å². The molecule has 3 aromatic rings. The molecule has 5 heteroatoms. The van der Waals surface area contributed by atoms with Crippen molar-refractivity contribution in [1.82, 2.24) is 9.80 Å². The second-order valence-electron chi connectivity index (χ2n) is 9.80. The first kappa shape index (κ1) is 24.1. The van der Waals surface area contributed by atoms with Crippen LogP contribution in [0, 0.1) is 11.8 Å². The molecule has 0 radical (unpaired) electrons. The highest BCUT2D eigenvalue weighted by molar-refractivity contribution is 6.00. The molecule has 1 unspecified atom stereocenters. The first-order valence-electron chi connectivity index (χ1n) is 13.1. The van der Waals surface area contributed by atoms with Crippen LogP contribution in [0.25, 0.3) is 0 Å². The Hall–Kier alpha value is -3.60. The normalized spacial score (nSPS) is 18.7. The van der Waals surface area contributed by atoms with E-state index >= 15 is 0 Å². The summed E-state index contributed by atoms with van der Waals surface area (Å²) in [6, 6.07) is 30.8. The Labute approximate surface area is 214 Å². The van der Waals surface area contributed by atoms with Crippen LogP contribution in [-0.4, -0.2) is 54.5 Å². The summed E-state index contributed by atoms with van der Waals surface area (Å²) in [4.78, 5) is 22.9. The minimum atomic E-state index is -0.136. The van der Waals surface area contributed by atoms with E-state index in [0.29, 0.717) is 32.0 Å². The highest BCUT2D eigenvalue weighted by atomic mass is 16.5. The van der Waals surface area contributed by atoms with Crippen molar-refractivity contribution in [2.24, 2.45) is 16.8 Å². The van der Waals surface area contributed by atoms with Crippen molar-refractivity contribution in [2.75, 3.05) is 32.8 Å². The molecule has 2 aliphatic rings. The number of guanidine groups is 1. The minimum Gasteiger partial charge on any atom is -0.492 e. The van der Waals surface area contributed by atoms with Gasteiger partial charge >= 0.3 is 0 Å². The Morgan fingerprint density at radius 2 is 1.36 bits per heavy atom. The van der Waals surface area contributed by atoms with Gasteiger partial charge in [-0.2, -0.15) is 0 Å². The predicted molar refractivity (Wildman–Crippen MR) is 144 cm³/mol. The van der Waals surface area contributed by atoms with Gasteiger partial charge in [0.05, 0.1) is 19.0 Å². The Morgan fingerprint density at radius 3 is 2.00 bits per heavy atom. The van der Waals surface area contributed by atoms with Crippen LogP contribution in [0.4, 0.5) is 0 Å². The van der Waals surface area contributed by atoms with Gasteiger partial charge in [0.2, 0.25) is 11.9 Å². The van der Waals surface area contributed by atoms with Gasteiger partial charge in [-0.25, -0.2) is 0 Å². The quantitative estimate of drug-likeness (QED) is 0.451. The third-order valence-corrected chi connectivity index (χ3v) is 7.23. The molecule has 3 aromatic carbocycles. The molecule has 0 bridgehead atoms. The molecule has 5 rings (SSSR count). The van der Waals surface area contributed by atoms with E-state index in [9.17, 15) is 4.79 Å². The fourth-order valence-electron chi connectivity index (χ4n) is 5.26. The van der Waals surface area contributed by atoms with Crippen LogP contribution in [0.2, 0.25) is 0 Å². The monoisotopic (exact) mass is 481 g/mol. The molecule has 186 valence electrons. The number of carbonyl (C=O) groups excluding carboxylic acids is 1. The molecule has 2 aliphatic heterocycles. The smallest absolute Gasteiger partial charge is 0.234 e. The van der Waals surface area contributed by atoms with Gasteiger partial charge in [-0.3, -0.25) is 14.7 Å². The third-order valence-electron chi connectivity index (χ3n) is 7.23. The second kappa shape index (κ2) is 11.9. The number of hydrogen-bond donors (Lipinski definition) is 0. The van der Waals surface area contributed by atoms with Crippen LogP contribution >= 0.6 is 0 Å². The van der Waals surface area contributed by atoms with Crippen molar-refractivity contribution in [1.29, 1.82) is 0 Å². The van der Waals surface area contributed by atoms with Crippen LogP contribution in [0.3, 0.4) is 0 Å². The molecule has 0 aliphatic carbocycles. The van der Waals surface area contributed by atoms with E-state index in [1.807, 2.05) is 53.4 Å². The number of rotatable bonds is 8. The molecule has 1 fully saturated rings. The molecular weight excluding hydrogens is 446 g/mol. The number of nitrogens with zero attached hydrogens (tertiary/aromatic N) is 3. The highest BCUT2D eigenvalue weighted by Crippen LogP contribution is 2.25. The Balaban J connectivity index is 1.25. The van der Waals surface area contributed by atoms with Gasteiger partial charge in [0.15, 0.2) is 0 Å². The van der Waals surface area contributed by atoms with E-state index in [0.717, 1.165) is 44.1 Å². The molecule has 0 spiro atoms. The zero-order valence-corrected chi connectivity index (χ0v) is 20.8. The average Bonchev–Trinajstić information content (AvgIpc) is 2.93. The third kappa shape index (κ3) is 6.14. The first-order chi connectivity index (χ1) is 17.8. The lowest BCUT2D eigenvalue weighted by Crippen LogP contribution is -2.55. The molecule has 0 saturated carbocycles. The Bertz CT molecular complexity index is 1130. The number of likely N-dealkylation sites (tertiary alicyclic amines) is 1. The predicted octanol–water partition coefficient (Wildman–Crippen LogP) is 5.08. The van der Waals surface area contributed by atoms with Crippen LogP contribution in [0.5, 0.6) is 5.75 Å². The topological polar surface area (TPSA) is 45.1 Å². The van der Waals surface area contributed by atoms with E-state index in [1.165, 1.54) is 11.1 Å². The lowest BCUT2D eigenvalue weighted by molar-refractivity contribution is -0.132. The summed E-state index contributed by atoms with van der Waals surface area (Å²) in [5.74, 6) is 2.35. The van der Waals surface area contributed by atoms with Crippen LogP contribution in [0.1, 0.15) is 24.0 Å². The number of benzene rings is 3. The molecule has 1 saturated heterocycles. The van der Waals surface area contributed by atoms with Crippen molar-refractivity contribution < 1.29 is 9.53 Å². The maximum Gasteiger partial charge on any atom is 0.234 e. The van der Waals surface area contributed by atoms with Crippen molar-refractivity contribution in [2.45, 2.75) is 25.7 Å². The number of para-hydroxylation sites is 1. The summed E-state index contributed by atoms with van der Waals surface area (Å²) in [5, 5.41) is 0.